The van der Waals surface area contributed by atoms with E-state index < -0.39 is 0 Å². The molecule has 0 spiro atoms. The van der Waals surface area contributed by atoms with E-state index in [0.29, 0.717) is 18.5 Å². The van der Waals surface area contributed by atoms with E-state index in [-0.39, 0.29) is 17.3 Å². The van der Waals surface area contributed by atoms with Crippen molar-refractivity contribution in [2.45, 2.75) is 12.8 Å². The van der Waals surface area contributed by atoms with Crippen LogP contribution < -0.4 is 10.9 Å². The molecule has 174 valence electrons. The molecule has 35 heavy (non-hydrogen) atoms. The van der Waals surface area contributed by atoms with E-state index in [0.717, 1.165) is 58.4 Å². The average molecular weight is 466 g/mol. The Morgan fingerprint density at radius 2 is 1.83 bits per heavy atom. The van der Waals surface area contributed by atoms with Crippen molar-refractivity contribution in [1.29, 1.82) is 0 Å². The SMILES string of the molecule is O=C(CN1CC=C(c2ccc(F)cc2)CC1)Nc1ccc2c(c1)-c1[nH]c(=O)c3ccccc3c1C2. The first-order valence-corrected chi connectivity index (χ1v) is 11.8. The molecule has 2 heterocycles. The summed E-state index contributed by atoms with van der Waals surface area (Å²) in [5.41, 5.74) is 6.89. The van der Waals surface area contributed by atoms with Gasteiger partial charge >= 0.3 is 0 Å². The highest BCUT2D eigenvalue weighted by atomic mass is 19.1. The highest BCUT2D eigenvalue weighted by Gasteiger charge is 2.23. The highest BCUT2D eigenvalue weighted by molar-refractivity contribution is 5.96. The molecule has 4 aromatic rings. The zero-order valence-corrected chi connectivity index (χ0v) is 19.1. The lowest BCUT2D eigenvalue weighted by Crippen LogP contribution is -2.36. The van der Waals surface area contributed by atoms with E-state index in [9.17, 15) is 14.0 Å². The van der Waals surface area contributed by atoms with Crippen molar-refractivity contribution >= 4 is 27.9 Å². The van der Waals surface area contributed by atoms with Crippen LogP contribution in [0, 0.1) is 5.82 Å². The Labute approximate surface area is 201 Å². The molecule has 2 aliphatic rings. The van der Waals surface area contributed by atoms with Crippen LogP contribution in [-0.2, 0) is 11.2 Å². The van der Waals surface area contributed by atoms with Crippen molar-refractivity contribution < 1.29 is 9.18 Å². The molecule has 0 bridgehead atoms. The summed E-state index contributed by atoms with van der Waals surface area (Å²) in [6, 6.07) is 20.1. The number of H-pyrrole nitrogens is 1. The van der Waals surface area contributed by atoms with Crippen LogP contribution in [0.2, 0.25) is 0 Å². The quantitative estimate of drug-likeness (QED) is 0.394. The fourth-order valence-corrected chi connectivity index (χ4v) is 5.16. The zero-order valence-electron chi connectivity index (χ0n) is 19.1. The summed E-state index contributed by atoms with van der Waals surface area (Å²) in [4.78, 5) is 30.5. The third-order valence-electron chi connectivity index (χ3n) is 6.94. The Morgan fingerprint density at radius 3 is 2.60 bits per heavy atom. The fraction of sp³-hybridized carbons (Fsp3) is 0.172. The smallest absolute Gasteiger partial charge is 0.256 e. The van der Waals surface area contributed by atoms with Crippen LogP contribution in [0.5, 0.6) is 0 Å². The number of hydrogen-bond acceptors (Lipinski definition) is 3. The summed E-state index contributed by atoms with van der Waals surface area (Å²) in [5, 5.41) is 4.69. The molecular formula is C29H24FN3O2. The summed E-state index contributed by atoms with van der Waals surface area (Å²) in [6.45, 7) is 1.73. The number of carbonyl (C=O) groups excluding carboxylic acids is 1. The molecule has 1 aromatic heterocycles. The number of fused-ring (bicyclic) bond motifs is 5. The van der Waals surface area contributed by atoms with Gasteiger partial charge in [0, 0.05) is 36.1 Å². The number of carbonyl (C=O) groups is 1. The Kier molecular flexibility index (Phi) is 5.30. The normalized spacial score (nSPS) is 14.9. The van der Waals surface area contributed by atoms with E-state index in [1.165, 1.54) is 17.7 Å². The van der Waals surface area contributed by atoms with Crippen LogP contribution in [0.15, 0.2) is 77.6 Å². The summed E-state index contributed by atoms with van der Waals surface area (Å²) < 4.78 is 13.2. The molecule has 6 heteroatoms. The van der Waals surface area contributed by atoms with Crippen LogP contribution in [0.4, 0.5) is 10.1 Å². The van der Waals surface area contributed by atoms with Crippen LogP contribution in [-0.4, -0.2) is 35.4 Å². The van der Waals surface area contributed by atoms with Gasteiger partial charge in [0.25, 0.3) is 5.56 Å². The van der Waals surface area contributed by atoms with Crippen LogP contribution >= 0.6 is 0 Å². The zero-order chi connectivity index (χ0) is 23.9. The predicted octanol–water partition coefficient (Wildman–Crippen LogP) is 4.97. The molecule has 6 rings (SSSR count). The van der Waals surface area contributed by atoms with Crippen molar-refractivity contribution in [2.75, 3.05) is 25.0 Å². The van der Waals surface area contributed by atoms with E-state index in [4.69, 9.17) is 0 Å². The van der Waals surface area contributed by atoms with E-state index >= 15 is 0 Å². The topological polar surface area (TPSA) is 65.2 Å². The number of aromatic nitrogens is 1. The van der Waals surface area contributed by atoms with Crippen molar-refractivity contribution in [3.05, 3.63) is 106 Å². The van der Waals surface area contributed by atoms with E-state index in [1.807, 2.05) is 42.5 Å². The molecule has 1 aliphatic carbocycles. The monoisotopic (exact) mass is 465 g/mol. The lowest BCUT2D eigenvalue weighted by molar-refractivity contribution is -0.117. The second kappa shape index (κ2) is 8.64. The molecule has 0 atom stereocenters. The number of aromatic amines is 1. The Hall–Kier alpha value is -4.03. The van der Waals surface area contributed by atoms with Gasteiger partial charge in [-0.1, -0.05) is 42.5 Å². The van der Waals surface area contributed by atoms with E-state index in [1.54, 1.807) is 12.1 Å². The first-order chi connectivity index (χ1) is 17.0. The van der Waals surface area contributed by atoms with Crippen LogP contribution in [0.3, 0.4) is 0 Å². The van der Waals surface area contributed by atoms with Gasteiger partial charge in [0.1, 0.15) is 5.82 Å². The third-order valence-corrected chi connectivity index (χ3v) is 6.94. The predicted molar refractivity (Wildman–Crippen MR) is 137 cm³/mol. The van der Waals surface area contributed by atoms with E-state index in [2.05, 4.69) is 21.3 Å². The lowest BCUT2D eigenvalue weighted by atomic mass is 9.99. The van der Waals surface area contributed by atoms with Gasteiger partial charge in [-0.15, -0.1) is 0 Å². The first-order valence-electron chi connectivity index (χ1n) is 11.8. The average Bonchev–Trinajstić information content (AvgIpc) is 3.23. The van der Waals surface area contributed by atoms with Gasteiger partial charge in [-0.05, 0) is 64.4 Å². The van der Waals surface area contributed by atoms with Gasteiger partial charge in [-0.3, -0.25) is 14.5 Å². The number of rotatable bonds is 4. The number of halogens is 1. The van der Waals surface area contributed by atoms with Gasteiger partial charge in [-0.2, -0.15) is 0 Å². The number of nitrogens with one attached hydrogen (secondary N) is 2. The van der Waals surface area contributed by atoms with Gasteiger partial charge < -0.3 is 10.3 Å². The maximum Gasteiger partial charge on any atom is 0.256 e. The Bertz CT molecular complexity index is 1550. The van der Waals surface area contributed by atoms with Gasteiger partial charge in [0.2, 0.25) is 5.91 Å². The number of benzene rings is 3. The second-order valence-corrected chi connectivity index (χ2v) is 9.17. The number of amides is 1. The molecule has 5 nitrogen and oxygen atoms in total. The molecule has 1 aliphatic heterocycles. The molecule has 3 aromatic carbocycles. The van der Waals surface area contributed by atoms with Gasteiger partial charge in [0.05, 0.1) is 12.2 Å². The molecule has 1 amide bonds. The maximum atomic E-state index is 13.2. The maximum absolute atomic E-state index is 13.2. The number of anilines is 1. The largest absolute Gasteiger partial charge is 0.325 e. The number of pyridine rings is 1. The number of nitrogens with zero attached hydrogens (tertiary/aromatic N) is 1. The molecule has 0 fully saturated rings. The fourth-order valence-electron chi connectivity index (χ4n) is 5.16. The molecule has 0 unspecified atom stereocenters. The third kappa shape index (κ3) is 4.06. The Balaban J connectivity index is 1.16. The highest BCUT2D eigenvalue weighted by Crippen LogP contribution is 2.39. The molecule has 2 N–H and O–H groups in total. The number of hydrogen-bond donors (Lipinski definition) is 2. The summed E-state index contributed by atoms with van der Waals surface area (Å²) >= 11 is 0. The van der Waals surface area contributed by atoms with Crippen LogP contribution in [0.25, 0.3) is 27.6 Å². The molecule has 0 saturated carbocycles. The van der Waals surface area contributed by atoms with Crippen LogP contribution in [0.1, 0.15) is 23.1 Å². The van der Waals surface area contributed by atoms with Crippen molar-refractivity contribution in [3.63, 3.8) is 0 Å². The van der Waals surface area contributed by atoms with Crippen molar-refractivity contribution in [2.24, 2.45) is 0 Å². The molecular weight excluding hydrogens is 441 g/mol. The minimum absolute atomic E-state index is 0.0752. The lowest BCUT2D eigenvalue weighted by Gasteiger charge is -2.26. The standard InChI is InChI=1S/C29H24FN3O2/c30-21-8-5-18(6-9-21)19-11-13-33(14-12-19)17-27(34)31-22-10-7-20-15-26-23-3-1-2-4-24(23)29(35)32-28(26)25(20)16-22/h1-11,16H,12-15,17H2,(H,31,34)(H,32,35). The van der Waals surface area contributed by atoms with Gasteiger partial charge in [-0.25, -0.2) is 4.39 Å². The molecule has 0 saturated heterocycles. The van der Waals surface area contributed by atoms with Crippen molar-refractivity contribution in [1.82, 2.24) is 9.88 Å². The summed E-state index contributed by atoms with van der Waals surface area (Å²) in [6.07, 6.45) is 3.68. The minimum atomic E-state index is -0.238. The van der Waals surface area contributed by atoms with Crippen molar-refractivity contribution in [3.8, 4) is 11.3 Å². The summed E-state index contributed by atoms with van der Waals surface area (Å²) in [5.74, 6) is -0.313. The molecule has 0 radical (unpaired) electrons. The minimum Gasteiger partial charge on any atom is -0.325 e. The first kappa shape index (κ1) is 21.5. The second-order valence-electron chi connectivity index (χ2n) is 9.17. The van der Waals surface area contributed by atoms with Gasteiger partial charge in [0.15, 0.2) is 0 Å². The summed E-state index contributed by atoms with van der Waals surface area (Å²) in [7, 11) is 0. The Morgan fingerprint density at radius 1 is 1.03 bits per heavy atom.